The molecule has 1 atom stereocenters. The monoisotopic (exact) mass is 277 g/mol. The number of carbonyl (C=O) groups is 2. The van der Waals surface area contributed by atoms with Crippen LogP contribution in [0.15, 0.2) is 24.3 Å². The first kappa shape index (κ1) is 16.2. The van der Waals surface area contributed by atoms with Crippen LogP contribution < -0.4 is 10.6 Å². The summed E-state index contributed by atoms with van der Waals surface area (Å²) in [4.78, 5) is 25.2. The molecular weight excluding hydrogens is 254 g/mol. The second-order valence-corrected chi connectivity index (χ2v) is 4.76. The van der Waals surface area contributed by atoms with Gasteiger partial charge in [0.15, 0.2) is 0 Å². The first-order valence-electron chi connectivity index (χ1n) is 6.78. The number of nitrogens with zero attached hydrogens (tertiary/aromatic N) is 1. The molecule has 2 N–H and O–H groups in total. The molecule has 0 unspecified atom stereocenters. The van der Waals surface area contributed by atoms with Gasteiger partial charge < -0.3 is 10.6 Å². The second-order valence-electron chi connectivity index (χ2n) is 4.76. The number of hydrogen-bond acceptors (Lipinski definition) is 3. The molecule has 0 aliphatic heterocycles. The number of rotatable bonds is 6. The Balaban J connectivity index is 2.64. The van der Waals surface area contributed by atoms with Crippen molar-refractivity contribution in [1.82, 2.24) is 15.5 Å². The van der Waals surface area contributed by atoms with Crippen molar-refractivity contribution < 1.29 is 9.59 Å². The molecule has 0 spiro atoms. The van der Waals surface area contributed by atoms with Crippen molar-refractivity contribution in [1.29, 1.82) is 0 Å². The summed E-state index contributed by atoms with van der Waals surface area (Å²) in [7, 11) is 3.52. The van der Waals surface area contributed by atoms with Gasteiger partial charge in [-0.2, -0.15) is 0 Å². The van der Waals surface area contributed by atoms with Crippen LogP contribution >= 0.6 is 0 Å². The van der Waals surface area contributed by atoms with Crippen molar-refractivity contribution >= 4 is 11.8 Å². The Kier molecular flexibility index (Phi) is 6.18. The third-order valence-corrected chi connectivity index (χ3v) is 3.27. The summed E-state index contributed by atoms with van der Waals surface area (Å²) in [5.41, 5.74) is 1.70. The van der Waals surface area contributed by atoms with Crippen LogP contribution in [0.5, 0.6) is 0 Å². The number of likely N-dealkylation sites (N-methyl/N-ethyl adjacent to an activating group) is 2. The van der Waals surface area contributed by atoms with Crippen LogP contribution in [0.25, 0.3) is 0 Å². The van der Waals surface area contributed by atoms with Crippen molar-refractivity contribution in [2.45, 2.75) is 26.4 Å². The second kappa shape index (κ2) is 7.65. The van der Waals surface area contributed by atoms with Gasteiger partial charge in [-0.05, 0) is 38.6 Å². The van der Waals surface area contributed by atoms with Gasteiger partial charge in [0.25, 0.3) is 5.91 Å². The Morgan fingerprint density at radius 2 is 1.85 bits per heavy atom. The van der Waals surface area contributed by atoms with E-state index in [1.165, 1.54) is 0 Å². The fraction of sp³-hybridized carbons (Fsp3) is 0.467. The van der Waals surface area contributed by atoms with E-state index in [1.54, 1.807) is 19.2 Å². The van der Waals surface area contributed by atoms with Crippen molar-refractivity contribution in [3.8, 4) is 0 Å². The maximum Gasteiger partial charge on any atom is 0.251 e. The summed E-state index contributed by atoms with van der Waals surface area (Å²) in [6.07, 6.45) is 0. The minimum absolute atomic E-state index is 0.0250. The first-order valence-corrected chi connectivity index (χ1v) is 6.78. The molecule has 0 radical (unpaired) electrons. The highest BCUT2D eigenvalue weighted by Gasteiger charge is 2.17. The lowest BCUT2D eigenvalue weighted by atomic mass is 10.1. The quantitative estimate of drug-likeness (QED) is 0.815. The fourth-order valence-corrected chi connectivity index (χ4v) is 1.85. The average molecular weight is 277 g/mol. The smallest absolute Gasteiger partial charge is 0.251 e. The summed E-state index contributed by atoms with van der Waals surface area (Å²) < 4.78 is 0. The average Bonchev–Trinajstić information content (AvgIpc) is 2.46. The zero-order valence-corrected chi connectivity index (χ0v) is 12.6. The van der Waals surface area contributed by atoms with Crippen LogP contribution in [0.1, 0.15) is 29.8 Å². The standard InChI is InChI=1S/C15H23N3O2/c1-5-17-14(19)11(2)18(4)10-12-6-8-13(9-7-12)15(20)16-3/h6-9,11H,5,10H2,1-4H3,(H,16,20)(H,17,19)/t11-/m0/s1. The van der Waals surface area contributed by atoms with Crippen LogP contribution in [0.4, 0.5) is 0 Å². The molecule has 0 saturated heterocycles. The van der Waals surface area contributed by atoms with E-state index in [2.05, 4.69) is 10.6 Å². The molecule has 0 aromatic heterocycles. The van der Waals surface area contributed by atoms with Crippen molar-refractivity contribution in [2.75, 3.05) is 20.6 Å². The van der Waals surface area contributed by atoms with E-state index in [0.717, 1.165) is 5.56 Å². The Hall–Kier alpha value is -1.88. The van der Waals surface area contributed by atoms with Crippen LogP contribution in [-0.2, 0) is 11.3 Å². The predicted molar refractivity (Wildman–Crippen MR) is 79.4 cm³/mol. The largest absolute Gasteiger partial charge is 0.355 e. The molecule has 1 aromatic carbocycles. The van der Waals surface area contributed by atoms with Crippen molar-refractivity contribution in [3.05, 3.63) is 35.4 Å². The first-order chi connectivity index (χ1) is 9.49. The third-order valence-electron chi connectivity index (χ3n) is 3.27. The predicted octanol–water partition coefficient (Wildman–Crippen LogP) is 1.00. The van der Waals surface area contributed by atoms with Crippen LogP contribution in [0, 0.1) is 0 Å². The number of benzene rings is 1. The SMILES string of the molecule is CCNC(=O)[C@H](C)N(C)Cc1ccc(C(=O)NC)cc1. The highest BCUT2D eigenvalue weighted by atomic mass is 16.2. The van der Waals surface area contributed by atoms with Gasteiger partial charge in [0, 0.05) is 25.7 Å². The highest BCUT2D eigenvalue weighted by molar-refractivity contribution is 5.93. The van der Waals surface area contributed by atoms with Gasteiger partial charge in [-0.1, -0.05) is 12.1 Å². The molecule has 1 rings (SSSR count). The summed E-state index contributed by atoms with van der Waals surface area (Å²) in [5, 5.41) is 5.40. The van der Waals surface area contributed by atoms with E-state index >= 15 is 0 Å². The lowest BCUT2D eigenvalue weighted by Crippen LogP contribution is -2.42. The van der Waals surface area contributed by atoms with Gasteiger partial charge >= 0.3 is 0 Å². The zero-order chi connectivity index (χ0) is 15.1. The molecule has 0 saturated carbocycles. The van der Waals surface area contributed by atoms with Gasteiger partial charge in [0.1, 0.15) is 0 Å². The summed E-state index contributed by atoms with van der Waals surface area (Å²) in [6, 6.07) is 7.21. The van der Waals surface area contributed by atoms with E-state index in [0.29, 0.717) is 18.7 Å². The fourth-order valence-electron chi connectivity index (χ4n) is 1.85. The van der Waals surface area contributed by atoms with Crippen molar-refractivity contribution in [2.24, 2.45) is 0 Å². The zero-order valence-electron chi connectivity index (χ0n) is 12.6. The molecule has 2 amide bonds. The molecule has 5 nitrogen and oxygen atoms in total. The normalized spacial score (nSPS) is 12.1. The van der Waals surface area contributed by atoms with E-state index in [1.807, 2.05) is 37.9 Å². The molecular formula is C15H23N3O2. The van der Waals surface area contributed by atoms with Gasteiger partial charge in [-0.15, -0.1) is 0 Å². The van der Waals surface area contributed by atoms with E-state index in [9.17, 15) is 9.59 Å². The Labute approximate surface area is 120 Å². The minimum atomic E-state index is -0.187. The molecule has 0 aliphatic rings. The molecule has 0 fully saturated rings. The minimum Gasteiger partial charge on any atom is -0.355 e. The molecule has 1 aromatic rings. The molecule has 0 bridgehead atoms. The molecule has 5 heteroatoms. The van der Waals surface area contributed by atoms with Crippen molar-refractivity contribution in [3.63, 3.8) is 0 Å². The van der Waals surface area contributed by atoms with Crippen LogP contribution in [0.2, 0.25) is 0 Å². The molecule has 20 heavy (non-hydrogen) atoms. The lowest BCUT2D eigenvalue weighted by molar-refractivity contribution is -0.125. The summed E-state index contributed by atoms with van der Waals surface area (Å²) in [5.74, 6) is -0.0717. The Bertz CT molecular complexity index is 457. The van der Waals surface area contributed by atoms with Gasteiger partial charge in [0.2, 0.25) is 5.91 Å². The van der Waals surface area contributed by atoms with E-state index in [4.69, 9.17) is 0 Å². The maximum absolute atomic E-state index is 11.8. The topological polar surface area (TPSA) is 61.4 Å². The van der Waals surface area contributed by atoms with Crippen LogP contribution in [-0.4, -0.2) is 43.4 Å². The number of nitrogens with one attached hydrogen (secondary N) is 2. The molecule has 0 heterocycles. The molecule has 110 valence electrons. The summed E-state index contributed by atoms with van der Waals surface area (Å²) in [6.45, 7) is 5.08. The van der Waals surface area contributed by atoms with Gasteiger partial charge in [-0.3, -0.25) is 14.5 Å². The van der Waals surface area contributed by atoms with E-state index in [-0.39, 0.29) is 17.9 Å². The maximum atomic E-state index is 11.8. The Morgan fingerprint density at radius 1 is 1.25 bits per heavy atom. The lowest BCUT2D eigenvalue weighted by Gasteiger charge is -2.23. The van der Waals surface area contributed by atoms with Crippen LogP contribution in [0.3, 0.4) is 0 Å². The van der Waals surface area contributed by atoms with E-state index < -0.39 is 0 Å². The third kappa shape index (κ3) is 4.35. The molecule has 0 aliphatic carbocycles. The highest BCUT2D eigenvalue weighted by Crippen LogP contribution is 2.09. The van der Waals surface area contributed by atoms with Gasteiger partial charge in [-0.25, -0.2) is 0 Å². The summed E-state index contributed by atoms with van der Waals surface area (Å²) >= 11 is 0. The number of carbonyl (C=O) groups excluding carboxylic acids is 2. The van der Waals surface area contributed by atoms with Gasteiger partial charge in [0.05, 0.1) is 6.04 Å². The Morgan fingerprint density at radius 3 is 2.35 bits per heavy atom. The number of amides is 2. The number of hydrogen-bond donors (Lipinski definition) is 2.